The van der Waals surface area contributed by atoms with E-state index in [4.69, 9.17) is 11.6 Å². The first-order valence-electron chi connectivity index (χ1n) is 12.2. The van der Waals surface area contributed by atoms with Gasteiger partial charge in [-0.1, -0.05) is 54.9 Å². The van der Waals surface area contributed by atoms with E-state index < -0.39 is 33.4 Å². The van der Waals surface area contributed by atoms with Crippen LogP contribution in [0.1, 0.15) is 25.8 Å². The molecule has 1 atom stereocenters. The quantitative estimate of drug-likeness (QED) is 0.253. The van der Waals surface area contributed by atoms with E-state index in [1.54, 1.807) is 44.2 Å². The number of nitrogens with zero attached hydrogens (tertiary/aromatic N) is 3. The van der Waals surface area contributed by atoms with Gasteiger partial charge < -0.3 is 10.2 Å². The van der Waals surface area contributed by atoms with E-state index in [-0.39, 0.29) is 35.1 Å². The first kappa shape index (κ1) is 29.6. The number of halogens is 1. The van der Waals surface area contributed by atoms with Crippen molar-refractivity contribution in [1.29, 1.82) is 0 Å². The molecule has 0 aliphatic carbocycles. The number of hydrogen-bond donors (Lipinski definition) is 1. The number of benzene rings is 3. The van der Waals surface area contributed by atoms with Crippen LogP contribution in [0.3, 0.4) is 0 Å². The average molecular weight is 573 g/mol. The summed E-state index contributed by atoms with van der Waals surface area (Å²) >= 11 is 6.01. The van der Waals surface area contributed by atoms with Crippen molar-refractivity contribution in [1.82, 2.24) is 10.2 Å². The van der Waals surface area contributed by atoms with Gasteiger partial charge in [-0.25, -0.2) is 8.42 Å². The van der Waals surface area contributed by atoms with Crippen LogP contribution in [-0.2, 0) is 26.2 Å². The zero-order valence-corrected chi connectivity index (χ0v) is 23.1. The Balaban J connectivity index is 2.08. The molecule has 3 aromatic rings. The third-order valence-corrected chi connectivity index (χ3v) is 7.98. The summed E-state index contributed by atoms with van der Waals surface area (Å²) in [5.41, 5.74) is 0.294. The lowest BCUT2D eigenvalue weighted by Crippen LogP contribution is -2.52. The minimum absolute atomic E-state index is 0.0137. The number of non-ortho nitro benzene ring substituents is 1. The molecule has 0 aliphatic heterocycles. The van der Waals surface area contributed by atoms with E-state index in [9.17, 15) is 28.1 Å². The molecule has 3 aromatic carbocycles. The minimum Gasteiger partial charge on any atom is -0.355 e. The van der Waals surface area contributed by atoms with Gasteiger partial charge in [-0.3, -0.25) is 24.0 Å². The molecule has 0 aromatic heterocycles. The van der Waals surface area contributed by atoms with Crippen LogP contribution in [0.2, 0.25) is 5.02 Å². The summed E-state index contributed by atoms with van der Waals surface area (Å²) in [6.07, 6.45) is 0.271. The van der Waals surface area contributed by atoms with Crippen LogP contribution in [0, 0.1) is 10.1 Å². The van der Waals surface area contributed by atoms with Gasteiger partial charge in [-0.05, 0) is 49.2 Å². The molecule has 0 heterocycles. The van der Waals surface area contributed by atoms with E-state index in [0.717, 1.165) is 10.4 Å². The molecule has 206 valence electrons. The highest BCUT2D eigenvalue weighted by Gasteiger charge is 2.34. The highest BCUT2D eigenvalue weighted by molar-refractivity contribution is 7.92. The fourth-order valence-electron chi connectivity index (χ4n) is 4.01. The first-order chi connectivity index (χ1) is 18.6. The number of sulfonamides is 1. The topological polar surface area (TPSA) is 130 Å². The van der Waals surface area contributed by atoms with Crippen molar-refractivity contribution < 1.29 is 22.9 Å². The summed E-state index contributed by atoms with van der Waals surface area (Å²) in [7, 11) is -4.32. The van der Waals surface area contributed by atoms with E-state index in [2.05, 4.69) is 5.32 Å². The van der Waals surface area contributed by atoms with Crippen molar-refractivity contribution in [2.24, 2.45) is 0 Å². The monoisotopic (exact) mass is 572 g/mol. The number of likely N-dealkylation sites (N-methyl/N-ethyl adjacent to an activating group) is 1. The van der Waals surface area contributed by atoms with Gasteiger partial charge in [0.05, 0.1) is 15.5 Å². The SMILES string of the molecule is CCNC(=O)[C@@H](CC)N(Cc1ccc(Cl)cc1)C(=O)CN(c1cccc([N+](=O)[O-])c1)S(=O)(=O)c1ccccc1. The summed E-state index contributed by atoms with van der Waals surface area (Å²) in [5.74, 6) is -1.04. The second-order valence-corrected chi connectivity index (χ2v) is 10.9. The highest BCUT2D eigenvalue weighted by Crippen LogP contribution is 2.28. The zero-order valence-electron chi connectivity index (χ0n) is 21.5. The van der Waals surface area contributed by atoms with E-state index >= 15 is 0 Å². The number of nitro groups is 1. The fourth-order valence-corrected chi connectivity index (χ4v) is 5.56. The van der Waals surface area contributed by atoms with Crippen molar-refractivity contribution >= 4 is 44.8 Å². The largest absolute Gasteiger partial charge is 0.355 e. The molecule has 3 rings (SSSR count). The third-order valence-electron chi connectivity index (χ3n) is 5.94. The van der Waals surface area contributed by atoms with Crippen LogP contribution in [0.15, 0.2) is 83.8 Å². The molecule has 2 amide bonds. The Labute approximate surface area is 232 Å². The van der Waals surface area contributed by atoms with Crippen LogP contribution < -0.4 is 9.62 Å². The lowest BCUT2D eigenvalue weighted by Gasteiger charge is -2.33. The summed E-state index contributed by atoms with van der Waals surface area (Å²) in [5, 5.41) is 14.7. The van der Waals surface area contributed by atoms with Gasteiger partial charge in [0, 0.05) is 30.2 Å². The molecule has 12 heteroatoms. The number of nitrogens with one attached hydrogen (secondary N) is 1. The Hall–Kier alpha value is -3.96. The number of amides is 2. The molecule has 0 spiro atoms. The highest BCUT2D eigenvalue weighted by atomic mass is 35.5. The lowest BCUT2D eigenvalue weighted by atomic mass is 10.1. The Morgan fingerprint density at radius 3 is 2.26 bits per heavy atom. The van der Waals surface area contributed by atoms with Crippen molar-refractivity contribution in [3.05, 3.63) is 99.6 Å². The second-order valence-electron chi connectivity index (χ2n) is 8.57. The third kappa shape index (κ3) is 7.33. The average Bonchev–Trinajstić information content (AvgIpc) is 2.93. The van der Waals surface area contributed by atoms with Crippen LogP contribution >= 0.6 is 11.6 Å². The van der Waals surface area contributed by atoms with Crippen molar-refractivity contribution in [2.75, 3.05) is 17.4 Å². The van der Waals surface area contributed by atoms with Crippen molar-refractivity contribution in [3.63, 3.8) is 0 Å². The van der Waals surface area contributed by atoms with Crippen LogP contribution in [0.4, 0.5) is 11.4 Å². The molecule has 10 nitrogen and oxygen atoms in total. The molecule has 0 radical (unpaired) electrons. The van der Waals surface area contributed by atoms with E-state index in [1.807, 2.05) is 0 Å². The van der Waals surface area contributed by atoms with Crippen LogP contribution in [0.25, 0.3) is 0 Å². The van der Waals surface area contributed by atoms with Gasteiger partial charge in [0.1, 0.15) is 12.6 Å². The maximum atomic E-state index is 13.9. The molecule has 1 N–H and O–H groups in total. The molecule has 0 saturated carbocycles. The van der Waals surface area contributed by atoms with Crippen molar-refractivity contribution in [3.8, 4) is 0 Å². The summed E-state index contributed by atoms with van der Waals surface area (Å²) in [4.78, 5) is 38.8. The number of carbonyl (C=O) groups is 2. The van der Waals surface area contributed by atoms with Crippen LogP contribution in [-0.4, -0.2) is 49.2 Å². The predicted molar refractivity (Wildman–Crippen MR) is 149 cm³/mol. The fraction of sp³-hybridized carbons (Fsp3) is 0.259. The van der Waals surface area contributed by atoms with Gasteiger partial charge in [0.15, 0.2) is 0 Å². The number of carbonyl (C=O) groups excluding carboxylic acids is 2. The first-order valence-corrected chi connectivity index (χ1v) is 14.0. The maximum Gasteiger partial charge on any atom is 0.271 e. The van der Waals surface area contributed by atoms with Gasteiger partial charge in [0.2, 0.25) is 11.8 Å². The predicted octanol–water partition coefficient (Wildman–Crippen LogP) is 4.39. The summed E-state index contributed by atoms with van der Waals surface area (Å²) < 4.78 is 28.3. The molecule has 39 heavy (non-hydrogen) atoms. The normalized spacial score (nSPS) is 11.9. The number of nitro benzene ring substituents is 1. The lowest BCUT2D eigenvalue weighted by molar-refractivity contribution is -0.384. The molecular formula is C27H29ClN4O6S. The smallest absolute Gasteiger partial charge is 0.271 e. The Bertz CT molecular complexity index is 1420. The summed E-state index contributed by atoms with van der Waals surface area (Å²) in [6.45, 7) is 3.18. The van der Waals surface area contributed by atoms with Gasteiger partial charge in [-0.2, -0.15) is 0 Å². The maximum absolute atomic E-state index is 13.9. The molecule has 0 bridgehead atoms. The molecule has 0 saturated heterocycles. The Morgan fingerprint density at radius 1 is 1.00 bits per heavy atom. The molecular weight excluding hydrogens is 544 g/mol. The summed E-state index contributed by atoms with van der Waals surface area (Å²) in [6, 6.07) is 18.4. The second kappa shape index (κ2) is 13.2. The standard InChI is InChI=1S/C27H29ClN4O6S/c1-3-25(27(34)29-4-2)30(18-20-13-15-21(28)16-14-20)26(33)19-31(22-9-8-10-23(17-22)32(35)36)39(37,38)24-11-6-5-7-12-24/h5-17,25H,3-4,18-19H2,1-2H3,(H,29,34)/t25-/m1/s1. The molecule has 0 fully saturated rings. The Kier molecular flexibility index (Phi) is 10.0. The molecule has 0 unspecified atom stereocenters. The number of anilines is 1. The number of hydrogen-bond acceptors (Lipinski definition) is 6. The van der Waals surface area contributed by atoms with Gasteiger partial charge in [0.25, 0.3) is 15.7 Å². The van der Waals surface area contributed by atoms with E-state index in [1.165, 1.54) is 47.4 Å². The van der Waals surface area contributed by atoms with Crippen molar-refractivity contribution in [2.45, 2.75) is 37.8 Å². The van der Waals surface area contributed by atoms with Gasteiger partial charge >= 0.3 is 0 Å². The zero-order chi connectivity index (χ0) is 28.6. The van der Waals surface area contributed by atoms with Crippen LogP contribution in [0.5, 0.6) is 0 Å². The minimum atomic E-state index is -4.32. The van der Waals surface area contributed by atoms with Gasteiger partial charge in [-0.15, -0.1) is 0 Å². The Morgan fingerprint density at radius 2 is 1.67 bits per heavy atom. The van der Waals surface area contributed by atoms with E-state index in [0.29, 0.717) is 17.1 Å². The number of rotatable bonds is 12. The molecule has 0 aliphatic rings.